The third-order valence-electron chi connectivity index (χ3n) is 2.87. The third-order valence-corrected chi connectivity index (χ3v) is 2.87. The van der Waals surface area contributed by atoms with Crippen LogP contribution in [-0.2, 0) is 4.79 Å². The van der Waals surface area contributed by atoms with Gasteiger partial charge in [0.15, 0.2) is 6.61 Å². The first kappa shape index (κ1) is 13.8. The summed E-state index contributed by atoms with van der Waals surface area (Å²) in [5, 5.41) is 12.7. The number of benzene rings is 1. The number of nitrogens with zero attached hydrogens (tertiary/aromatic N) is 2. The minimum absolute atomic E-state index is 0.106. The standard InChI is InChI=1S/C15H15N3O2/c1-11-2-5-13(8-11)17-18-15(19)10-20-14-6-3-12(9-16)4-7-14/h3-4,6-8H,2,5,10H2,1H3,(H,18,19)/b17-13+. The van der Waals surface area contributed by atoms with Gasteiger partial charge in [0.1, 0.15) is 5.75 Å². The zero-order valence-electron chi connectivity index (χ0n) is 11.2. The molecule has 1 amide bonds. The van der Waals surface area contributed by atoms with Gasteiger partial charge in [-0.15, -0.1) is 0 Å². The van der Waals surface area contributed by atoms with Crippen LogP contribution in [0.4, 0.5) is 0 Å². The first-order chi connectivity index (χ1) is 9.67. The van der Waals surface area contributed by atoms with Crippen LogP contribution >= 0.6 is 0 Å². The van der Waals surface area contributed by atoms with Crippen molar-refractivity contribution in [3.05, 3.63) is 41.5 Å². The minimum atomic E-state index is -0.306. The van der Waals surface area contributed by atoms with E-state index in [-0.39, 0.29) is 12.5 Å². The van der Waals surface area contributed by atoms with Gasteiger partial charge in [0.25, 0.3) is 5.91 Å². The highest BCUT2D eigenvalue weighted by Crippen LogP contribution is 2.14. The molecule has 0 unspecified atom stereocenters. The minimum Gasteiger partial charge on any atom is -0.484 e. The summed E-state index contributed by atoms with van der Waals surface area (Å²) in [6, 6.07) is 8.60. The summed E-state index contributed by atoms with van der Waals surface area (Å²) in [4.78, 5) is 11.6. The van der Waals surface area contributed by atoms with E-state index in [1.54, 1.807) is 24.3 Å². The number of ether oxygens (including phenoxy) is 1. The van der Waals surface area contributed by atoms with Gasteiger partial charge < -0.3 is 4.74 Å². The Bertz CT molecular complexity index is 595. The lowest BCUT2D eigenvalue weighted by atomic mass is 10.2. The molecule has 102 valence electrons. The molecule has 1 aromatic rings. The Morgan fingerprint density at radius 2 is 2.15 bits per heavy atom. The maximum absolute atomic E-state index is 11.6. The number of hydrazone groups is 1. The third kappa shape index (κ3) is 3.95. The maximum atomic E-state index is 11.6. The molecule has 5 heteroatoms. The Morgan fingerprint density at radius 3 is 2.75 bits per heavy atom. The number of carbonyl (C=O) groups excluding carboxylic acids is 1. The number of amides is 1. The van der Waals surface area contributed by atoms with Crippen molar-refractivity contribution in [1.29, 1.82) is 5.26 Å². The fourth-order valence-electron chi connectivity index (χ4n) is 1.78. The molecule has 0 saturated heterocycles. The molecule has 20 heavy (non-hydrogen) atoms. The Balaban J connectivity index is 1.79. The monoisotopic (exact) mass is 269 g/mol. The molecule has 0 atom stereocenters. The predicted octanol–water partition coefficient (Wildman–Crippen LogP) is 2.15. The molecule has 5 nitrogen and oxygen atoms in total. The Hall–Kier alpha value is -2.61. The first-order valence-electron chi connectivity index (χ1n) is 6.33. The number of hydrogen-bond donors (Lipinski definition) is 1. The Labute approximate surface area is 117 Å². The fourth-order valence-corrected chi connectivity index (χ4v) is 1.78. The molecule has 0 spiro atoms. The highest BCUT2D eigenvalue weighted by molar-refractivity contribution is 5.98. The smallest absolute Gasteiger partial charge is 0.277 e. The predicted molar refractivity (Wildman–Crippen MR) is 75.2 cm³/mol. The molecular weight excluding hydrogens is 254 g/mol. The average Bonchev–Trinajstić information content (AvgIpc) is 2.89. The molecule has 1 aliphatic rings. The van der Waals surface area contributed by atoms with Crippen molar-refractivity contribution in [3.63, 3.8) is 0 Å². The van der Waals surface area contributed by atoms with Crippen molar-refractivity contribution in [2.24, 2.45) is 5.10 Å². The second-order valence-corrected chi connectivity index (χ2v) is 4.55. The van der Waals surface area contributed by atoms with Crippen LogP contribution < -0.4 is 10.2 Å². The van der Waals surface area contributed by atoms with Crippen LogP contribution in [0.25, 0.3) is 0 Å². The van der Waals surface area contributed by atoms with Gasteiger partial charge in [-0.3, -0.25) is 4.79 Å². The molecule has 0 saturated carbocycles. The largest absolute Gasteiger partial charge is 0.484 e. The van der Waals surface area contributed by atoms with E-state index >= 15 is 0 Å². The summed E-state index contributed by atoms with van der Waals surface area (Å²) >= 11 is 0. The maximum Gasteiger partial charge on any atom is 0.277 e. The van der Waals surface area contributed by atoms with E-state index in [9.17, 15) is 4.79 Å². The van der Waals surface area contributed by atoms with Gasteiger partial charge in [-0.1, -0.05) is 5.57 Å². The Morgan fingerprint density at radius 1 is 1.40 bits per heavy atom. The summed E-state index contributed by atoms with van der Waals surface area (Å²) in [5.41, 5.74) is 5.17. The average molecular weight is 269 g/mol. The SMILES string of the molecule is CC1=C/C(=N/NC(=O)COc2ccc(C#N)cc2)CC1. The lowest BCUT2D eigenvalue weighted by Crippen LogP contribution is -2.25. The molecule has 1 aromatic carbocycles. The molecule has 1 N–H and O–H groups in total. The van der Waals surface area contributed by atoms with Crippen LogP contribution in [0, 0.1) is 11.3 Å². The Kier molecular flexibility index (Phi) is 4.51. The number of nitrogens with one attached hydrogen (secondary N) is 1. The summed E-state index contributed by atoms with van der Waals surface area (Å²) in [7, 11) is 0. The van der Waals surface area contributed by atoms with E-state index in [1.165, 1.54) is 5.57 Å². The molecule has 2 rings (SSSR count). The van der Waals surface area contributed by atoms with Gasteiger partial charge in [-0.25, -0.2) is 5.43 Å². The highest BCUT2D eigenvalue weighted by atomic mass is 16.5. The second kappa shape index (κ2) is 6.53. The van der Waals surface area contributed by atoms with E-state index in [2.05, 4.69) is 10.5 Å². The van der Waals surface area contributed by atoms with Crippen LogP contribution in [0.5, 0.6) is 5.75 Å². The fraction of sp³-hybridized carbons (Fsp3) is 0.267. The van der Waals surface area contributed by atoms with Gasteiger partial charge in [0.2, 0.25) is 0 Å². The summed E-state index contributed by atoms with van der Waals surface area (Å²) in [5.74, 6) is 0.239. The van der Waals surface area contributed by atoms with Gasteiger partial charge in [0.05, 0.1) is 17.3 Å². The molecule has 0 aromatic heterocycles. The number of carbonyl (C=O) groups is 1. The van der Waals surface area contributed by atoms with Gasteiger partial charge in [-0.2, -0.15) is 10.4 Å². The normalized spacial score (nSPS) is 15.6. The lowest BCUT2D eigenvalue weighted by Gasteiger charge is -2.05. The van der Waals surface area contributed by atoms with E-state index in [4.69, 9.17) is 10.00 Å². The van der Waals surface area contributed by atoms with E-state index < -0.39 is 0 Å². The molecule has 1 aliphatic carbocycles. The topological polar surface area (TPSA) is 74.5 Å². The zero-order valence-corrected chi connectivity index (χ0v) is 11.2. The van der Waals surface area contributed by atoms with Crippen molar-refractivity contribution in [3.8, 4) is 11.8 Å². The van der Waals surface area contributed by atoms with Crippen LogP contribution in [0.3, 0.4) is 0 Å². The molecular formula is C15H15N3O2. The van der Waals surface area contributed by atoms with Crippen molar-refractivity contribution in [1.82, 2.24) is 5.43 Å². The van der Waals surface area contributed by atoms with Gasteiger partial charge >= 0.3 is 0 Å². The van der Waals surface area contributed by atoms with E-state index in [1.807, 2.05) is 19.1 Å². The quantitative estimate of drug-likeness (QED) is 0.851. The molecule has 0 radical (unpaired) electrons. The molecule has 0 aliphatic heterocycles. The zero-order chi connectivity index (χ0) is 14.4. The van der Waals surface area contributed by atoms with Crippen LogP contribution in [0.15, 0.2) is 41.0 Å². The number of hydrogen-bond acceptors (Lipinski definition) is 4. The van der Waals surface area contributed by atoms with Gasteiger partial charge in [0, 0.05) is 0 Å². The lowest BCUT2D eigenvalue weighted by molar-refractivity contribution is -0.123. The number of nitriles is 1. The van der Waals surface area contributed by atoms with Crippen LogP contribution in [0.1, 0.15) is 25.3 Å². The van der Waals surface area contributed by atoms with E-state index in [0.29, 0.717) is 11.3 Å². The highest BCUT2D eigenvalue weighted by Gasteiger charge is 2.07. The second-order valence-electron chi connectivity index (χ2n) is 4.55. The molecule has 0 bridgehead atoms. The summed E-state index contributed by atoms with van der Waals surface area (Å²) in [6.45, 7) is 1.93. The molecule has 0 heterocycles. The van der Waals surface area contributed by atoms with Crippen LogP contribution in [0.2, 0.25) is 0 Å². The summed E-state index contributed by atoms with van der Waals surface area (Å²) in [6.07, 6.45) is 3.83. The van der Waals surface area contributed by atoms with Crippen LogP contribution in [-0.4, -0.2) is 18.2 Å². The van der Waals surface area contributed by atoms with Crippen molar-refractivity contribution in [2.75, 3.05) is 6.61 Å². The number of rotatable bonds is 4. The molecule has 0 fully saturated rings. The number of allylic oxidation sites excluding steroid dienone is 2. The van der Waals surface area contributed by atoms with Crippen molar-refractivity contribution in [2.45, 2.75) is 19.8 Å². The summed E-state index contributed by atoms with van der Waals surface area (Å²) < 4.78 is 5.30. The van der Waals surface area contributed by atoms with E-state index in [0.717, 1.165) is 18.6 Å². The van der Waals surface area contributed by atoms with Crippen molar-refractivity contribution >= 4 is 11.6 Å². The van der Waals surface area contributed by atoms with Crippen molar-refractivity contribution < 1.29 is 9.53 Å². The first-order valence-corrected chi connectivity index (χ1v) is 6.33. The van der Waals surface area contributed by atoms with Gasteiger partial charge in [-0.05, 0) is 50.1 Å².